The molecule has 2 amide bonds. The van der Waals surface area contributed by atoms with E-state index in [0.29, 0.717) is 18.4 Å². The summed E-state index contributed by atoms with van der Waals surface area (Å²) >= 11 is 0. The Bertz CT molecular complexity index is 1330. The molecule has 1 heterocycles. The van der Waals surface area contributed by atoms with Crippen LogP contribution in [0.3, 0.4) is 0 Å². The number of para-hydroxylation sites is 1. The summed E-state index contributed by atoms with van der Waals surface area (Å²) in [6.45, 7) is 4.73. The summed E-state index contributed by atoms with van der Waals surface area (Å²) in [4.78, 5) is 26.3. The van der Waals surface area contributed by atoms with Crippen molar-refractivity contribution in [2.75, 3.05) is 16.8 Å². The number of hydrogen-bond acceptors (Lipinski definition) is 3. The van der Waals surface area contributed by atoms with Crippen LogP contribution >= 0.6 is 0 Å². The van der Waals surface area contributed by atoms with Gasteiger partial charge in [-0.15, -0.1) is 0 Å². The normalized spacial score (nSPS) is 20.4. The van der Waals surface area contributed by atoms with Crippen molar-refractivity contribution in [1.29, 1.82) is 0 Å². The topological polar surface area (TPSA) is 78.9 Å². The molecule has 3 aromatic rings. The second-order valence-corrected chi connectivity index (χ2v) is 11.2. The third kappa shape index (κ3) is 6.33. The zero-order valence-corrected chi connectivity index (χ0v) is 23.6. The summed E-state index contributed by atoms with van der Waals surface area (Å²) in [6.07, 6.45) is 7.01. The number of carboxylic acid groups (broad SMARTS) is 1. The maximum atomic E-state index is 13.5. The number of ether oxygens (including phenoxy) is 1. The van der Waals surface area contributed by atoms with Gasteiger partial charge in [0.15, 0.2) is 0 Å². The highest BCUT2D eigenvalue weighted by Gasteiger charge is 2.30. The number of carboxylic acids is 1. The van der Waals surface area contributed by atoms with Crippen LogP contribution < -0.4 is 15.0 Å². The molecule has 0 saturated heterocycles. The summed E-state index contributed by atoms with van der Waals surface area (Å²) in [5, 5.41) is 12.2. The van der Waals surface area contributed by atoms with E-state index in [4.69, 9.17) is 9.84 Å². The minimum atomic E-state index is -0.687. The third-order valence-electron chi connectivity index (χ3n) is 8.43. The number of carbonyl (C=O) groups excluding carboxylic acids is 1. The molecule has 6 heteroatoms. The van der Waals surface area contributed by atoms with Gasteiger partial charge in [-0.3, -0.25) is 9.69 Å². The first-order valence-corrected chi connectivity index (χ1v) is 14.7. The van der Waals surface area contributed by atoms with Gasteiger partial charge in [0.1, 0.15) is 11.9 Å². The van der Waals surface area contributed by atoms with Gasteiger partial charge in [0.2, 0.25) is 0 Å². The molecule has 1 atom stereocenters. The van der Waals surface area contributed by atoms with Crippen molar-refractivity contribution >= 4 is 23.4 Å². The maximum absolute atomic E-state index is 13.5. The molecule has 1 unspecified atom stereocenters. The van der Waals surface area contributed by atoms with Gasteiger partial charge in [-0.05, 0) is 90.8 Å². The molecule has 1 aliphatic heterocycles. The van der Waals surface area contributed by atoms with Crippen LogP contribution in [0.2, 0.25) is 0 Å². The number of nitrogens with zero attached hydrogens (tertiary/aromatic N) is 1. The van der Waals surface area contributed by atoms with E-state index in [1.165, 1.54) is 5.56 Å². The lowest BCUT2D eigenvalue weighted by Crippen LogP contribution is -2.45. The number of carbonyl (C=O) groups is 2. The Morgan fingerprint density at radius 2 is 1.68 bits per heavy atom. The van der Waals surface area contributed by atoms with Crippen molar-refractivity contribution in [3.8, 4) is 16.9 Å². The van der Waals surface area contributed by atoms with E-state index in [1.54, 1.807) is 0 Å². The lowest BCUT2D eigenvalue weighted by molar-refractivity contribution is -0.138. The first kappa shape index (κ1) is 27.8. The van der Waals surface area contributed by atoms with E-state index in [9.17, 15) is 9.59 Å². The Morgan fingerprint density at radius 1 is 0.950 bits per heavy atom. The molecule has 0 bridgehead atoms. The van der Waals surface area contributed by atoms with Gasteiger partial charge in [0, 0.05) is 12.1 Å². The first-order valence-electron chi connectivity index (χ1n) is 14.7. The maximum Gasteiger partial charge on any atom is 0.326 e. The van der Waals surface area contributed by atoms with Gasteiger partial charge in [-0.2, -0.15) is 0 Å². The van der Waals surface area contributed by atoms with Crippen LogP contribution in [0.4, 0.5) is 16.2 Å². The summed E-state index contributed by atoms with van der Waals surface area (Å²) in [7, 11) is 0. The first-order chi connectivity index (χ1) is 19.4. The van der Waals surface area contributed by atoms with Crippen molar-refractivity contribution in [3.05, 3.63) is 77.9 Å². The summed E-state index contributed by atoms with van der Waals surface area (Å²) in [5.74, 6) is 0.843. The average molecular weight is 541 g/mol. The lowest BCUT2D eigenvalue weighted by atomic mass is 9.77. The molecule has 1 fully saturated rings. The quantitative estimate of drug-likeness (QED) is 0.301. The number of amides is 2. The predicted octanol–water partition coefficient (Wildman–Crippen LogP) is 8.26. The van der Waals surface area contributed by atoms with Gasteiger partial charge >= 0.3 is 12.0 Å². The lowest BCUT2D eigenvalue weighted by Gasteiger charge is -2.35. The Balaban J connectivity index is 1.31. The number of anilines is 2. The number of hydrogen-bond donors (Lipinski definition) is 2. The fraction of sp³-hybridized carbons (Fsp3) is 0.412. The number of nitrogens with one attached hydrogen (secondary N) is 1. The largest absolute Gasteiger partial charge is 0.486 e. The SMILES string of the molecule is CCCc1ccccc1NC(=O)N1CC(CC)Oc2cc(-c3ccc([C@H]4CC[C@H](CC(=O)O)CC4)cc3)ccc21. The van der Waals surface area contributed by atoms with E-state index in [0.717, 1.165) is 78.8 Å². The zero-order valence-electron chi connectivity index (χ0n) is 23.6. The van der Waals surface area contributed by atoms with Crippen molar-refractivity contribution in [1.82, 2.24) is 0 Å². The molecule has 0 spiro atoms. The van der Waals surface area contributed by atoms with Crippen molar-refractivity contribution < 1.29 is 19.4 Å². The Kier molecular flexibility index (Phi) is 8.73. The van der Waals surface area contributed by atoms with Crippen LogP contribution in [-0.4, -0.2) is 29.8 Å². The summed E-state index contributed by atoms with van der Waals surface area (Å²) < 4.78 is 6.33. The molecule has 6 nitrogen and oxygen atoms in total. The smallest absolute Gasteiger partial charge is 0.326 e. The molecule has 210 valence electrons. The second-order valence-electron chi connectivity index (χ2n) is 11.2. The molecule has 2 N–H and O–H groups in total. The minimum Gasteiger partial charge on any atom is -0.486 e. The van der Waals surface area contributed by atoms with E-state index < -0.39 is 5.97 Å². The highest BCUT2D eigenvalue weighted by molar-refractivity contribution is 6.03. The fourth-order valence-electron chi connectivity index (χ4n) is 6.14. The Hall–Kier alpha value is -3.80. The van der Waals surface area contributed by atoms with Crippen LogP contribution in [0.5, 0.6) is 5.75 Å². The van der Waals surface area contributed by atoms with Gasteiger partial charge in [-0.25, -0.2) is 4.79 Å². The number of rotatable bonds is 8. The van der Waals surface area contributed by atoms with Crippen molar-refractivity contribution in [3.63, 3.8) is 0 Å². The molecule has 3 aromatic carbocycles. The highest BCUT2D eigenvalue weighted by Crippen LogP contribution is 2.40. The molecule has 0 aromatic heterocycles. The van der Waals surface area contributed by atoms with Gasteiger partial charge < -0.3 is 15.2 Å². The third-order valence-corrected chi connectivity index (χ3v) is 8.43. The van der Waals surface area contributed by atoms with Crippen LogP contribution in [-0.2, 0) is 11.2 Å². The monoisotopic (exact) mass is 540 g/mol. The van der Waals surface area contributed by atoms with Crippen molar-refractivity contribution in [2.24, 2.45) is 5.92 Å². The van der Waals surface area contributed by atoms with E-state index in [-0.39, 0.29) is 18.6 Å². The number of benzene rings is 3. The van der Waals surface area contributed by atoms with Crippen LogP contribution in [0.1, 0.15) is 75.8 Å². The Morgan fingerprint density at radius 3 is 2.38 bits per heavy atom. The van der Waals surface area contributed by atoms with Gasteiger partial charge in [0.05, 0.1) is 12.2 Å². The van der Waals surface area contributed by atoms with Gasteiger partial charge in [0.25, 0.3) is 0 Å². The van der Waals surface area contributed by atoms with Crippen molar-refractivity contribution in [2.45, 2.75) is 77.2 Å². The molecule has 0 radical (unpaired) electrons. The summed E-state index contributed by atoms with van der Waals surface area (Å²) in [6, 6.07) is 22.7. The second kappa shape index (κ2) is 12.6. The standard InChI is InChI=1S/C34H40N2O4/c1-3-7-27-8-5-6-9-30(27)35-34(39)36-22-29(4-2)40-32-21-28(18-19-31(32)36)26-16-14-25(15-17-26)24-12-10-23(11-13-24)20-33(37)38/h5-6,8-9,14-19,21,23-24,29H,3-4,7,10-13,20,22H2,1-2H3,(H,35,39)(H,37,38)/t23-,24-,29?. The highest BCUT2D eigenvalue weighted by atomic mass is 16.5. The van der Waals surface area contributed by atoms with Crippen LogP contribution in [0.15, 0.2) is 66.7 Å². The number of aryl methyl sites for hydroxylation is 1. The molecule has 1 saturated carbocycles. The van der Waals surface area contributed by atoms with Gasteiger partial charge in [-0.1, -0.05) is 68.8 Å². The van der Waals surface area contributed by atoms with E-state index >= 15 is 0 Å². The molecule has 40 heavy (non-hydrogen) atoms. The summed E-state index contributed by atoms with van der Waals surface area (Å²) in [5.41, 5.74) is 6.28. The fourth-order valence-corrected chi connectivity index (χ4v) is 6.14. The predicted molar refractivity (Wildman–Crippen MR) is 160 cm³/mol. The Labute approximate surface area is 237 Å². The molecular formula is C34H40N2O4. The zero-order chi connectivity index (χ0) is 28.1. The van der Waals surface area contributed by atoms with E-state index in [1.807, 2.05) is 29.2 Å². The molecule has 5 rings (SSSR count). The average Bonchev–Trinajstić information content (AvgIpc) is 2.97. The number of fused-ring (bicyclic) bond motifs is 1. The number of aliphatic carboxylic acids is 1. The van der Waals surface area contributed by atoms with E-state index in [2.05, 4.69) is 61.6 Å². The molecular weight excluding hydrogens is 500 g/mol. The molecule has 2 aliphatic rings. The number of urea groups is 1. The molecule has 1 aliphatic carbocycles. The van der Waals surface area contributed by atoms with Crippen LogP contribution in [0.25, 0.3) is 11.1 Å². The van der Waals surface area contributed by atoms with Crippen LogP contribution in [0, 0.1) is 5.92 Å². The minimum absolute atomic E-state index is 0.0713.